The number of aromatic carboxylic acids is 1. The molecule has 0 aliphatic heterocycles. The Hall–Kier alpha value is -0.910. The lowest BCUT2D eigenvalue weighted by atomic mass is 10.1. The molecule has 0 aromatic heterocycles. The molecule has 1 aromatic rings. The van der Waals surface area contributed by atoms with Crippen molar-refractivity contribution < 1.29 is 33.8 Å². The number of anilines is 1. The summed E-state index contributed by atoms with van der Waals surface area (Å²) in [5.41, 5.74) is 6.21. The Kier molecular flexibility index (Phi) is 9.65. The third-order valence-electron chi connectivity index (χ3n) is 3.48. The molecule has 12 heteroatoms. The first kappa shape index (κ1) is 25.1. The van der Waals surface area contributed by atoms with Crippen molar-refractivity contribution in [3.63, 3.8) is 0 Å². The Morgan fingerprint density at radius 1 is 1.04 bits per heavy atom. The van der Waals surface area contributed by atoms with Gasteiger partial charge in [0.15, 0.2) is 6.10 Å². The number of ether oxygens (including phenoxy) is 2. The normalized spacial score (nSPS) is 12.6. The van der Waals surface area contributed by atoms with Gasteiger partial charge in [0.2, 0.25) is 0 Å². The molecule has 0 radical (unpaired) electrons. The summed E-state index contributed by atoms with van der Waals surface area (Å²) in [5, 5.41) is 12.1. The number of carboxylic acids is 1. The SMILES string of the molecule is CC(=O)OCC(OC(C)=O)C(C)NC(=O)c1c(I)c(N)c(I)c(C(=O)O)c1I. The van der Waals surface area contributed by atoms with Crippen molar-refractivity contribution in [3.8, 4) is 0 Å². The number of carbonyl (C=O) groups excluding carboxylic acids is 3. The molecule has 0 aliphatic rings. The predicted molar refractivity (Wildman–Crippen MR) is 125 cm³/mol. The van der Waals surface area contributed by atoms with E-state index in [1.165, 1.54) is 13.8 Å². The molecule has 0 heterocycles. The maximum Gasteiger partial charge on any atom is 0.337 e. The van der Waals surface area contributed by atoms with E-state index in [0.717, 1.165) is 0 Å². The molecular weight excluding hydrogens is 713 g/mol. The third-order valence-corrected chi connectivity index (χ3v) is 6.80. The molecule has 0 fully saturated rings. The Morgan fingerprint density at radius 3 is 2.04 bits per heavy atom. The Balaban J connectivity index is 3.22. The number of hydrogen-bond donors (Lipinski definition) is 3. The largest absolute Gasteiger partial charge is 0.478 e. The van der Waals surface area contributed by atoms with E-state index in [9.17, 15) is 24.3 Å². The van der Waals surface area contributed by atoms with Crippen molar-refractivity contribution in [3.05, 3.63) is 21.8 Å². The summed E-state index contributed by atoms with van der Waals surface area (Å²) in [6.45, 7) is 3.74. The number of nitrogens with two attached hydrogens (primary N) is 1. The van der Waals surface area contributed by atoms with Gasteiger partial charge >= 0.3 is 17.9 Å². The van der Waals surface area contributed by atoms with Crippen molar-refractivity contribution in [1.29, 1.82) is 0 Å². The van der Waals surface area contributed by atoms with Crippen LogP contribution in [0.5, 0.6) is 0 Å². The molecule has 0 saturated carbocycles. The lowest BCUT2D eigenvalue weighted by Gasteiger charge is -2.25. The average molecular weight is 730 g/mol. The smallest absolute Gasteiger partial charge is 0.337 e. The van der Waals surface area contributed by atoms with Gasteiger partial charge in [-0.15, -0.1) is 0 Å². The molecule has 0 saturated heterocycles. The molecule has 0 bridgehead atoms. The fraction of sp³-hybridized carbons (Fsp3) is 0.375. The van der Waals surface area contributed by atoms with E-state index in [-0.39, 0.29) is 27.0 Å². The number of nitrogens with one attached hydrogen (secondary N) is 1. The van der Waals surface area contributed by atoms with Gasteiger partial charge in [0.25, 0.3) is 5.91 Å². The van der Waals surface area contributed by atoms with Crippen molar-refractivity contribution in [2.75, 3.05) is 12.3 Å². The van der Waals surface area contributed by atoms with E-state index in [1.807, 2.05) is 45.2 Å². The highest BCUT2D eigenvalue weighted by molar-refractivity contribution is 14.1. The minimum Gasteiger partial charge on any atom is -0.478 e. The van der Waals surface area contributed by atoms with Gasteiger partial charge < -0.3 is 25.6 Å². The van der Waals surface area contributed by atoms with Gasteiger partial charge in [0, 0.05) is 17.4 Å². The van der Waals surface area contributed by atoms with E-state index >= 15 is 0 Å². The van der Waals surface area contributed by atoms with E-state index in [2.05, 4.69) is 5.32 Å². The summed E-state index contributed by atoms with van der Waals surface area (Å²) in [4.78, 5) is 46.8. The van der Waals surface area contributed by atoms with Gasteiger partial charge in [-0.25, -0.2) is 4.79 Å². The van der Waals surface area contributed by atoms with Crippen molar-refractivity contribution in [2.45, 2.75) is 32.9 Å². The quantitative estimate of drug-likeness (QED) is 0.221. The fourth-order valence-corrected chi connectivity index (χ4v) is 6.25. The second kappa shape index (κ2) is 10.7. The number of hydrogen-bond acceptors (Lipinski definition) is 7. The number of nitrogen functional groups attached to an aromatic ring is 1. The monoisotopic (exact) mass is 730 g/mol. The molecule has 154 valence electrons. The van der Waals surface area contributed by atoms with Crippen LogP contribution in [0.2, 0.25) is 0 Å². The van der Waals surface area contributed by atoms with Crippen LogP contribution >= 0.6 is 67.8 Å². The Morgan fingerprint density at radius 2 is 1.57 bits per heavy atom. The van der Waals surface area contributed by atoms with E-state index in [1.54, 1.807) is 29.5 Å². The highest BCUT2D eigenvalue weighted by Gasteiger charge is 2.29. The zero-order valence-electron chi connectivity index (χ0n) is 15.0. The van der Waals surface area contributed by atoms with Crippen LogP contribution in [0.15, 0.2) is 0 Å². The molecule has 0 spiro atoms. The molecule has 2 atom stereocenters. The summed E-state index contributed by atoms with van der Waals surface area (Å²) in [6, 6.07) is -0.726. The number of benzene rings is 1. The van der Waals surface area contributed by atoms with Crippen LogP contribution in [0, 0.1) is 10.7 Å². The molecule has 4 N–H and O–H groups in total. The molecule has 1 amide bonds. The number of halogens is 3. The van der Waals surface area contributed by atoms with Crippen LogP contribution in [0.3, 0.4) is 0 Å². The second-order valence-corrected chi connectivity index (χ2v) is 8.86. The highest BCUT2D eigenvalue weighted by Crippen LogP contribution is 2.33. The maximum atomic E-state index is 12.8. The summed E-state index contributed by atoms with van der Waals surface area (Å²) in [6.07, 6.45) is -0.916. The topological polar surface area (TPSA) is 145 Å². The molecule has 1 rings (SSSR count). The number of carboxylic acid groups (broad SMARTS) is 1. The van der Waals surface area contributed by atoms with Gasteiger partial charge in [0.05, 0.1) is 30.0 Å². The summed E-state index contributed by atoms with van der Waals surface area (Å²) in [7, 11) is 0. The van der Waals surface area contributed by atoms with Crippen molar-refractivity contribution >= 4 is 97.3 Å². The number of rotatable bonds is 7. The Labute approximate surface area is 201 Å². The molecular formula is C16H17I3N2O7. The van der Waals surface area contributed by atoms with Crippen LogP contribution < -0.4 is 11.1 Å². The molecule has 0 aliphatic carbocycles. The van der Waals surface area contributed by atoms with Crippen LogP contribution in [0.1, 0.15) is 41.5 Å². The van der Waals surface area contributed by atoms with Crippen LogP contribution in [0.4, 0.5) is 5.69 Å². The summed E-state index contributed by atoms with van der Waals surface area (Å²) in [5.74, 6) is -2.95. The third kappa shape index (κ3) is 6.30. The average Bonchev–Trinajstić information content (AvgIpc) is 2.55. The lowest BCUT2D eigenvalue weighted by Crippen LogP contribution is -2.46. The van der Waals surface area contributed by atoms with Gasteiger partial charge in [-0.2, -0.15) is 0 Å². The first-order valence-electron chi connectivity index (χ1n) is 7.69. The number of carbonyl (C=O) groups is 4. The van der Waals surface area contributed by atoms with Gasteiger partial charge in [-0.3, -0.25) is 14.4 Å². The van der Waals surface area contributed by atoms with Crippen LogP contribution in [-0.2, 0) is 19.1 Å². The van der Waals surface area contributed by atoms with Gasteiger partial charge in [-0.1, -0.05) is 0 Å². The number of amides is 1. The lowest BCUT2D eigenvalue weighted by molar-refractivity contribution is -0.157. The van der Waals surface area contributed by atoms with E-state index < -0.39 is 36.0 Å². The first-order chi connectivity index (χ1) is 12.9. The molecule has 9 nitrogen and oxygen atoms in total. The summed E-state index contributed by atoms with van der Waals surface area (Å²) < 4.78 is 11.0. The Bertz CT molecular complexity index is 829. The van der Waals surface area contributed by atoms with Crippen molar-refractivity contribution in [1.82, 2.24) is 5.32 Å². The van der Waals surface area contributed by atoms with Crippen LogP contribution in [-0.4, -0.2) is 47.7 Å². The fourth-order valence-electron chi connectivity index (χ4n) is 2.14. The van der Waals surface area contributed by atoms with Gasteiger partial charge in [-0.05, 0) is 74.7 Å². The second-order valence-electron chi connectivity index (χ2n) is 5.62. The zero-order valence-corrected chi connectivity index (χ0v) is 21.4. The van der Waals surface area contributed by atoms with E-state index in [0.29, 0.717) is 7.14 Å². The zero-order chi connectivity index (χ0) is 21.8. The minimum absolute atomic E-state index is 0.0617. The highest BCUT2D eigenvalue weighted by atomic mass is 127. The van der Waals surface area contributed by atoms with Gasteiger partial charge in [0.1, 0.15) is 6.61 Å². The maximum absolute atomic E-state index is 12.8. The first-order valence-corrected chi connectivity index (χ1v) is 10.9. The van der Waals surface area contributed by atoms with E-state index in [4.69, 9.17) is 15.2 Å². The minimum atomic E-state index is -1.20. The standard InChI is InChI=1S/C16H17I3N2O7/c1-5(8(28-7(3)23)4-27-6(2)22)21-15(24)9-11(17)10(16(25)26)13(19)14(20)12(9)18/h5,8H,4,20H2,1-3H3,(H,21,24)(H,25,26). The van der Waals surface area contributed by atoms with Crippen LogP contribution in [0.25, 0.3) is 0 Å². The predicted octanol–water partition coefficient (Wildman–Crippen LogP) is 2.39. The summed E-state index contributed by atoms with van der Waals surface area (Å²) >= 11 is 5.49. The molecule has 28 heavy (non-hydrogen) atoms. The molecule has 2 unspecified atom stereocenters. The van der Waals surface area contributed by atoms with Crippen molar-refractivity contribution in [2.24, 2.45) is 0 Å². The molecule has 1 aromatic carbocycles. The number of esters is 2.